The topological polar surface area (TPSA) is 149 Å². The molecule has 0 fully saturated rings. The zero-order chi connectivity index (χ0) is 31.3. The predicted octanol–water partition coefficient (Wildman–Crippen LogP) is 3.46. The molecular weight excluding hydrogens is 602 g/mol. The lowest BCUT2D eigenvalue weighted by Crippen LogP contribution is -2.60. The molecule has 0 unspecified atom stereocenters. The molecule has 2 aromatic carbocycles. The highest BCUT2D eigenvalue weighted by atomic mass is 32.2. The number of carbonyl (C=O) groups is 1. The summed E-state index contributed by atoms with van der Waals surface area (Å²) in [6.07, 6.45) is -13.2. The molecule has 1 atom stereocenters. The minimum atomic E-state index is -5.09. The maximum absolute atomic E-state index is 13.8. The molecule has 3 aromatic rings. The molecule has 2 heterocycles. The molecule has 0 spiro atoms. The second-order valence-corrected chi connectivity index (χ2v) is 11.6. The number of H-pyrrole nitrogens is 1. The van der Waals surface area contributed by atoms with Crippen LogP contribution in [0.15, 0.2) is 56.7 Å². The van der Waals surface area contributed by atoms with Gasteiger partial charge in [0.2, 0.25) is 0 Å². The van der Waals surface area contributed by atoms with Crippen LogP contribution in [0.1, 0.15) is 31.7 Å². The molecule has 11 nitrogen and oxygen atoms in total. The van der Waals surface area contributed by atoms with Crippen molar-refractivity contribution in [3.8, 4) is 5.75 Å². The summed E-state index contributed by atoms with van der Waals surface area (Å²) in [5.74, 6) is -0.973. The summed E-state index contributed by atoms with van der Waals surface area (Å²) in [6, 6.07) is 5.59. The Bertz CT molecular complexity index is 1650. The number of carboxylic acid groups (broad SMARTS) is 1. The molecule has 18 heteroatoms. The number of anilines is 2. The molecule has 1 aromatic heterocycles. The Labute approximate surface area is 233 Å². The van der Waals surface area contributed by atoms with Crippen molar-refractivity contribution in [2.45, 2.75) is 55.6 Å². The first-order chi connectivity index (χ1) is 19.3. The van der Waals surface area contributed by atoms with Gasteiger partial charge in [-0.15, -0.1) is 0 Å². The summed E-state index contributed by atoms with van der Waals surface area (Å²) in [4.78, 5) is 24.5. The summed E-state index contributed by atoms with van der Waals surface area (Å²) >= 11 is 0. The number of aromatic nitrogens is 2. The van der Waals surface area contributed by atoms with E-state index < -0.39 is 74.2 Å². The lowest BCUT2D eigenvalue weighted by atomic mass is 10.0. The summed E-state index contributed by atoms with van der Waals surface area (Å²) < 4.78 is 120. The van der Waals surface area contributed by atoms with Crippen molar-refractivity contribution in [2.24, 2.45) is 0 Å². The first-order valence-corrected chi connectivity index (χ1v) is 13.4. The largest absolute Gasteiger partial charge is 0.530 e. The molecule has 228 valence electrons. The van der Waals surface area contributed by atoms with Gasteiger partial charge in [-0.2, -0.15) is 26.3 Å². The number of rotatable bonds is 7. The van der Waals surface area contributed by atoms with Gasteiger partial charge in [0.1, 0.15) is 23.5 Å². The number of amides is 1. The monoisotopic (exact) mass is 623 g/mol. The van der Waals surface area contributed by atoms with Gasteiger partial charge in [0.25, 0.3) is 10.0 Å². The SMILES string of the molecule is CC(C)(N(C(=O)[O-])c1ccc2c(c1)N(S(=O)(=O)c1cccc(C(F)(F)F)c1)C[C@H](CCc1noc(=O)[nH]1)O2)C(F)(F)F. The van der Waals surface area contributed by atoms with Gasteiger partial charge in [-0.25, -0.2) is 13.2 Å². The van der Waals surface area contributed by atoms with Crippen LogP contribution < -0.4 is 24.8 Å². The van der Waals surface area contributed by atoms with Gasteiger partial charge in [-0.1, -0.05) is 11.2 Å². The van der Waals surface area contributed by atoms with E-state index in [1.807, 2.05) is 0 Å². The Morgan fingerprint density at radius 2 is 1.83 bits per heavy atom. The summed E-state index contributed by atoms with van der Waals surface area (Å²) in [7, 11) is -4.84. The molecule has 0 saturated carbocycles. The Hall–Kier alpha value is -4.22. The van der Waals surface area contributed by atoms with E-state index in [1.54, 1.807) is 0 Å². The van der Waals surface area contributed by atoms with Crippen LogP contribution in [-0.4, -0.2) is 49.0 Å². The Kier molecular flexibility index (Phi) is 7.73. The zero-order valence-corrected chi connectivity index (χ0v) is 22.4. The average molecular weight is 624 g/mol. The number of carbonyl (C=O) groups excluding carboxylic acids is 1. The highest BCUT2D eigenvalue weighted by Crippen LogP contribution is 2.44. The zero-order valence-electron chi connectivity index (χ0n) is 21.6. The van der Waals surface area contributed by atoms with Crippen LogP contribution in [-0.2, 0) is 22.6 Å². The number of ether oxygens (including phenoxy) is 1. The predicted molar refractivity (Wildman–Crippen MR) is 130 cm³/mol. The number of nitrogens with one attached hydrogen (secondary N) is 1. The number of alkyl halides is 6. The first kappa shape index (κ1) is 30.7. The number of aryl methyl sites for hydroxylation is 1. The molecule has 42 heavy (non-hydrogen) atoms. The summed E-state index contributed by atoms with van der Waals surface area (Å²) in [5.41, 5.74) is -5.37. The van der Waals surface area contributed by atoms with Gasteiger partial charge in [0.15, 0.2) is 5.82 Å². The fraction of sp³-hybridized carbons (Fsp3) is 0.375. The fourth-order valence-electron chi connectivity index (χ4n) is 4.23. The van der Waals surface area contributed by atoms with E-state index in [0.717, 1.165) is 30.3 Å². The average Bonchev–Trinajstić information content (AvgIpc) is 3.30. The minimum absolute atomic E-state index is 0.00452. The maximum Gasteiger partial charge on any atom is 0.438 e. The Morgan fingerprint density at radius 1 is 1.14 bits per heavy atom. The molecule has 1 amide bonds. The molecule has 0 bridgehead atoms. The van der Waals surface area contributed by atoms with Gasteiger partial charge < -0.3 is 19.5 Å². The van der Waals surface area contributed by atoms with Gasteiger partial charge in [0, 0.05) is 12.1 Å². The summed E-state index contributed by atoms with van der Waals surface area (Å²) in [6.45, 7) is 0.589. The maximum atomic E-state index is 13.8. The van der Waals surface area contributed by atoms with Crippen LogP contribution in [0.5, 0.6) is 5.75 Å². The van der Waals surface area contributed by atoms with E-state index in [-0.39, 0.29) is 29.3 Å². The number of aromatic amines is 1. The Balaban J connectivity index is 1.82. The second kappa shape index (κ2) is 10.6. The number of sulfonamides is 1. The van der Waals surface area contributed by atoms with E-state index in [0.29, 0.717) is 30.3 Å². The number of hydrogen-bond acceptors (Lipinski definition) is 8. The highest BCUT2D eigenvalue weighted by molar-refractivity contribution is 7.92. The third-order valence-electron chi connectivity index (χ3n) is 6.51. The van der Waals surface area contributed by atoms with Gasteiger partial charge in [0.05, 0.1) is 22.7 Å². The molecule has 1 N–H and O–H groups in total. The molecule has 0 aliphatic carbocycles. The van der Waals surface area contributed by atoms with Crippen LogP contribution in [0, 0.1) is 0 Å². The third-order valence-corrected chi connectivity index (χ3v) is 8.28. The number of nitrogens with zero attached hydrogens (tertiary/aromatic N) is 3. The molecule has 0 saturated heterocycles. The fourth-order valence-corrected chi connectivity index (χ4v) is 5.77. The van der Waals surface area contributed by atoms with Crippen molar-refractivity contribution in [3.05, 3.63) is 64.4 Å². The quantitative estimate of drug-likeness (QED) is 0.394. The smallest absolute Gasteiger partial charge is 0.438 e. The minimum Gasteiger partial charge on any atom is -0.530 e. The lowest BCUT2D eigenvalue weighted by molar-refractivity contribution is -0.254. The van der Waals surface area contributed by atoms with Crippen LogP contribution >= 0.6 is 0 Å². The van der Waals surface area contributed by atoms with Crippen LogP contribution in [0.2, 0.25) is 0 Å². The van der Waals surface area contributed by atoms with E-state index in [9.17, 15) is 49.5 Å². The highest BCUT2D eigenvalue weighted by Gasteiger charge is 2.52. The van der Waals surface area contributed by atoms with E-state index >= 15 is 0 Å². The normalized spacial score (nSPS) is 16.1. The first-order valence-electron chi connectivity index (χ1n) is 12.0. The van der Waals surface area contributed by atoms with Crippen molar-refractivity contribution < 1.29 is 53.9 Å². The van der Waals surface area contributed by atoms with Gasteiger partial charge >= 0.3 is 18.1 Å². The number of benzene rings is 2. The van der Waals surface area contributed by atoms with E-state index in [2.05, 4.69) is 14.7 Å². The van der Waals surface area contributed by atoms with Gasteiger partial charge in [-0.05, 0) is 56.7 Å². The Morgan fingerprint density at radius 3 is 2.40 bits per heavy atom. The van der Waals surface area contributed by atoms with E-state index in [1.165, 1.54) is 0 Å². The standard InChI is InChI=1S/C24H22F6N4O7S/c1-22(2,24(28,29)30)34(21(36)37)14-6-8-18-17(11-14)33(12-15(40-18)7-9-19-31-20(35)41-32-19)42(38,39)16-5-3-4-13(10-16)23(25,26)27/h3-6,8,10-11,15H,7,9,12H2,1-2H3,(H,36,37)(H,31,32,35)/p-1/t15-/m0/s1. The van der Waals surface area contributed by atoms with Crippen molar-refractivity contribution in [2.75, 3.05) is 15.7 Å². The third kappa shape index (κ3) is 5.88. The number of halogens is 6. The summed E-state index contributed by atoms with van der Waals surface area (Å²) in [5, 5.41) is 15.4. The van der Waals surface area contributed by atoms with Crippen LogP contribution in [0.3, 0.4) is 0 Å². The second-order valence-electron chi connectivity index (χ2n) is 9.69. The number of fused-ring (bicyclic) bond motifs is 1. The molecule has 1 aliphatic rings. The van der Waals surface area contributed by atoms with Crippen LogP contribution in [0.25, 0.3) is 0 Å². The molecule has 1 aliphatic heterocycles. The van der Waals surface area contributed by atoms with E-state index in [4.69, 9.17) is 4.74 Å². The lowest BCUT2D eigenvalue weighted by Gasteiger charge is -2.42. The van der Waals surface area contributed by atoms with Crippen LogP contribution in [0.4, 0.5) is 42.5 Å². The molecule has 4 rings (SSSR count). The van der Waals surface area contributed by atoms with Crippen molar-refractivity contribution >= 4 is 27.5 Å². The van der Waals surface area contributed by atoms with Gasteiger partial charge in [-0.3, -0.25) is 13.8 Å². The van der Waals surface area contributed by atoms with Crippen molar-refractivity contribution in [3.63, 3.8) is 0 Å². The van der Waals surface area contributed by atoms with Crippen molar-refractivity contribution in [1.82, 2.24) is 10.1 Å². The van der Waals surface area contributed by atoms with Crippen molar-refractivity contribution in [1.29, 1.82) is 0 Å². The molecule has 0 radical (unpaired) electrons. The molecular formula is C24H21F6N4O7S-. The number of hydrogen-bond donors (Lipinski definition) is 1.